The zero-order valence-corrected chi connectivity index (χ0v) is 11.5. The first-order valence-electron chi connectivity index (χ1n) is 6.71. The molecule has 0 fully saturated rings. The van der Waals surface area contributed by atoms with Gasteiger partial charge in [-0.1, -0.05) is 30.3 Å². The van der Waals surface area contributed by atoms with Gasteiger partial charge in [-0.3, -0.25) is 14.6 Å². The van der Waals surface area contributed by atoms with Crippen molar-refractivity contribution in [3.8, 4) is 0 Å². The molecule has 2 amide bonds. The monoisotopic (exact) mass is 283 g/mol. The number of hydrogen-bond acceptors (Lipinski definition) is 3. The summed E-state index contributed by atoms with van der Waals surface area (Å²) in [5.74, 6) is -0.859. The first-order valence-corrected chi connectivity index (χ1v) is 6.71. The zero-order chi connectivity index (χ0) is 15.1. The van der Waals surface area contributed by atoms with Crippen LogP contribution in [0.2, 0.25) is 0 Å². The Morgan fingerprint density at radius 1 is 1.10 bits per heavy atom. The van der Waals surface area contributed by atoms with Crippen molar-refractivity contribution >= 4 is 11.8 Å². The number of nitrogens with two attached hydrogens (primary N) is 1. The van der Waals surface area contributed by atoms with Crippen LogP contribution in [0.25, 0.3) is 0 Å². The van der Waals surface area contributed by atoms with Crippen molar-refractivity contribution in [2.45, 2.75) is 18.9 Å². The van der Waals surface area contributed by atoms with Gasteiger partial charge in [0.25, 0.3) is 5.91 Å². The lowest BCUT2D eigenvalue weighted by atomic mass is 10.0. The van der Waals surface area contributed by atoms with Crippen LogP contribution < -0.4 is 11.1 Å². The second kappa shape index (κ2) is 7.19. The van der Waals surface area contributed by atoms with E-state index in [2.05, 4.69) is 10.3 Å². The van der Waals surface area contributed by atoms with E-state index in [9.17, 15) is 9.59 Å². The largest absolute Gasteiger partial charge is 0.368 e. The molecule has 0 unspecified atom stereocenters. The van der Waals surface area contributed by atoms with Crippen molar-refractivity contribution in [1.29, 1.82) is 0 Å². The van der Waals surface area contributed by atoms with E-state index in [-0.39, 0.29) is 5.91 Å². The van der Waals surface area contributed by atoms with Gasteiger partial charge in [-0.15, -0.1) is 0 Å². The van der Waals surface area contributed by atoms with Gasteiger partial charge in [0.05, 0.1) is 0 Å². The molecule has 2 aromatic rings. The highest BCUT2D eigenvalue weighted by atomic mass is 16.2. The molecule has 0 aliphatic rings. The number of nitrogens with one attached hydrogen (secondary N) is 1. The summed E-state index contributed by atoms with van der Waals surface area (Å²) in [4.78, 5) is 27.4. The van der Waals surface area contributed by atoms with E-state index in [0.717, 1.165) is 5.56 Å². The van der Waals surface area contributed by atoms with Gasteiger partial charge in [-0.05, 0) is 30.5 Å². The van der Waals surface area contributed by atoms with Gasteiger partial charge >= 0.3 is 0 Å². The molecule has 0 aliphatic heterocycles. The molecule has 1 aromatic heterocycles. The highest BCUT2D eigenvalue weighted by Gasteiger charge is 2.18. The zero-order valence-electron chi connectivity index (χ0n) is 11.5. The maximum absolute atomic E-state index is 12.0. The van der Waals surface area contributed by atoms with Crippen LogP contribution >= 0.6 is 0 Å². The molecule has 0 aliphatic carbocycles. The van der Waals surface area contributed by atoms with Crippen LogP contribution in [-0.4, -0.2) is 22.8 Å². The average molecular weight is 283 g/mol. The fraction of sp³-hybridized carbons (Fsp3) is 0.188. The Kier molecular flexibility index (Phi) is 5.04. The van der Waals surface area contributed by atoms with Gasteiger partial charge in [0.1, 0.15) is 6.04 Å². The molecule has 1 heterocycles. The minimum atomic E-state index is -0.689. The summed E-state index contributed by atoms with van der Waals surface area (Å²) in [6.45, 7) is 0. The molecule has 5 nitrogen and oxygen atoms in total. The standard InChI is InChI=1S/C16H17N3O2/c17-15(20)14(7-6-12-4-2-1-3-5-12)19-16(21)13-8-10-18-11-9-13/h1-5,8-11,14H,6-7H2,(H2,17,20)(H,19,21)/t14-/m0/s1. The number of pyridine rings is 1. The minimum Gasteiger partial charge on any atom is -0.368 e. The summed E-state index contributed by atoms with van der Waals surface area (Å²) in [7, 11) is 0. The van der Waals surface area contributed by atoms with Crippen molar-refractivity contribution < 1.29 is 9.59 Å². The van der Waals surface area contributed by atoms with Gasteiger partial charge in [0.15, 0.2) is 0 Å². The molecule has 5 heteroatoms. The number of carbonyl (C=O) groups is 2. The molecule has 1 atom stereocenters. The summed E-state index contributed by atoms with van der Waals surface area (Å²) in [6.07, 6.45) is 4.19. The first-order chi connectivity index (χ1) is 10.2. The number of aryl methyl sites for hydroxylation is 1. The van der Waals surface area contributed by atoms with Gasteiger partial charge in [-0.25, -0.2) is 0 Å². The Morgan fingerprint density at radius 3 is 2.38 bits per heavy atom. The van der Waals surface area contributed by atoms with Crippen LogP contribution in [0.1, 0.15) is 22.3 Å². The fourth-order valence-electron chi connectivity index (χ4n) is 1.99. The Morgan fingerprint density at radius 2 is 1.76 bits per heavy atom. The number of hydrogen-bond donors (Lipinski definition) is 2. The molecule has 3 N–H and O–H groups in total. The van der Waals surface area contributed by atoms with Gasteiger partial charge in [0, 0.05) is 18.0 Å². The number of rotatable bonds is 6. The number of carbonyl (C=O) groups excluding carboxylic acids is 2. The van der Waals surface area contributed by atoms with E-state index in [4.69, 9.17) is 5.73 Å². The van der Waals surface area contributed by atoms with Crippen molar-refractivity contribution in [3.05, 3.63) is 66.0 Å². The molecular formula is C16H17N3O2. The number of primary amides is 1. The van der Waals surface area contributed by atoms with Crippen LogP contribution in [0, 0.1) is 0 Å². The summed E-state index contributed by atoms with van der Waals surface area (Å²) >= 11 is 0. The smallest absolute Gasteiger partial charge is 0.252 e. The van der Waals surface area contributed by atoms with Gasteiger partial charge in [0.2, 0.25) is 5.91 Å². The van der Waals surface area contributed by atoms with Crippen LogP contribution in [0.3, 0.4) is 0 Å². The lowest BCUT2D eigenvalue weighted by Crippen LogP contribution is -2.44. The van der Waals surface area contributed by atoms with Crippen LogP contribution in [0.4, 0.5) is 0 Å². The predicted octanol–water partition coefficient (Wildman–Crippen LogP) is 1.30. The molecule has 21 heavy (non-hydrogen) atoms. The molecular weight excluding hydrogens is 266 g/mol. The first kappa shape index (κ1) is 14.7. The molecule has 0 saturated carbocycles. The molecule has 1 aromatic carbocycles. The third-order valence-corrected chi connectivity index (χ3v) is 3.16. The number of amides is 2. The third-order valence-electron chi connectivity index (χ3n) is 3.16. The summed E-state index contributed by atoms with van der Waals surface area (Å²) in [5, 5.41) is 2.66. The molecule has 0 radical (unpaired) electrons. The Labute approximate surface area is 123 Å². The van der Waals surface area contributed by atoms with E-state index >= 15 is 0 Å². The van der Waals surface area contributed by atoms with Crippen LogP contribution in [-0.2, 0) is 11.2 Å². The summed E-state index contributed by atoms with van der Waals surface area (Å²) in [5.41, 5.74) is 6.91. The number of nitrogens with zero attached hydrogens (tertiary/aromatic N) is 1. The normalized spacial score (nSPS) is 11.6. The molecule has 108 valence electrons. The SMILES string of the molecule is NC(=O)[C@H](CCc1ccccc1)NC(=O)c1ccncc1. The van der Waals surface area contributed by atoms with Crippen molar-refractivity contribution in [2.75, 3.05) is 0 Å². The maximum atomic E-state index is 12.0. The lowest BCUT2D eigenvalue weighted by molar-refractivity contribution is -0.120. The highest BCUT2D eigenvalue weighted by molar-refractivity contribution is 5.97. The summed E-state index contributed by atoms with van der Waals surface area (Å²) < 4.78 is 0. The van der Waals surface area contributed by atoms with Crippen molar-refractivity contribution in [3.63, 3.8) is 0 Å². The molecule has 2 rings (SSSR count). The topological polar surface area (TPSA) is 85.1 Å². The van der Waals surface area contributed by atoms with Crippen molar-refractivity contribution in [1.82, 2.24) is 10.3 Å². The average Bonchev–Trinajstić information content (AvgIpc) is 2.52. The van der Waals surface area contributed by atoms with E-state index in [0.29, 0.717) is 18.4 Å². The second-order valence-corrected chi connectivity index (χ2v) is 4.69. The van der Waals surface area contributed by atoms with E-state index in [1.165, 1.54) is 12.4 Å². The Hall–Kier alpha value is -2.69. The maximum Gasteiger partial charge on any atom is 0.252 e. The van der Waals surface area contributed by atoms with E-state index in [1.807, 2.05) is 30.3 Å². The molecule has 0 spiro atoms. The lowest BCUT2D eigenvalue weighted by Gasteiger charge is -2.15. The molecule has 0 bridgehead atoms. The summed E-state index contributed by atoms with van der Waals surface area (Å²) in [6, 6.07) is 12.2. The van der Waals surface area contributed by atoms with Gasteiger partial charge in [-0.2, -0.15) is 0 Å². The highest BCUT2D eigenvalue weighted by Crippen LogP contribution is 2.06. The Balaban J connectivity index is 1.96. The predicted molar refractivity (Wildman–Crippen MR) is 79.4 cm³/mol. The third kappa shape index (κ3) is 4.42. The van der Waals surface area contributed by atoms with E-state index < -0.39 is 11.9 Å². The van der Waals surface area contributed by atoms with Crippen LogP contribution in [0.15, 0.2) is 54.9 Å². The fourth-order valence-corrected chi connectivity index (χ4v) is 1.99. The molecule has 0 saturated heterocycles. The number of aromatic nitrogens is 1. The quantitative estimate of drug-likeness (QED) is 0.838. The van der Waals surface area contributed by atoms with Crippen LogP contribution in [0.5, 0.6) is 0 Å². The van der Waals surface area contributed by atoms with Crippen molar-refractivity contribution in [2.24, 2.45) is 5.73 Å². The Bertz CT molecular complexity index is 599. The second-order valence-electron chi connectivity index (χ2n) is 4.69. The van der Waals surface area contributed by atoms with Gasteiger partial charge < -0.3 is 11.1 Å². The number of benzene rings is 1. The van der Waals surface area contributed by atoms with E-state index in [1.54, 1.807) is 12.1 Å². The minimum absolute atomic E-state index is 0.325.